The number of aromatic nitrogens is 1. The van der Waals surface area contributed by atoms with Crippen molar-refractivity contribution in [2.75, 3.05) is 26.2 Å². The van der Waals surface area contributed by atoms with Gasteiger partial charge in [0.25, 0.3) is 5.97 Å². The first-order valence-electron chi connectivity index (χ1n) is 32.6. The van der Waals surface area contributed by atoms with Crippen molar-refractivity contribution in [1.29, 1.82) is 0 Å². The van der Waals surface area contributed by atoms with Gasteiger partial charge in [-0.2, -0.15) is 0 Å². The number of aliphatic hydroxyl groups is 2. The van der Waals surface area contributed by atoms with Crippen molar-refractivity contribution in [3.8, 4) is 5.75 Å². The van der Waals surface area contributed by atoms with Crippen molar-refractivity contribution >= 4 is 112 Å². The molecule has 1 aromatic heterocycles. The number of nitrogens with zero attached hydrogens (tertiary/aromatic N) is 1. The lowest BCUT2D eigenvalue weighted by atomic mass is 9.96. The van der Waals surface area contributed by atoms with Crippen molar-refractivity contribution in [3.05, 3.63) is 65.9 Å². The van der Waals surface area contributed by atoms with Gasteiger partial charge in [-0.1, -0.05) is 64.4 Å². The zero-order valence-corrected chi connectivity index (χ0v) is 58.0. The zero-order valence-electron chi connectivity index (χ0n) is 58.0. The Hall–Kier alpha value is -11.5. The number of rotatable bonds is 44. The Morgan fingerprint density at radius 1 is 0.548 bits per heavy atom. The number of fused-ring (bicyclic) bond motifs is 1. The van der Waals surface area contributed by atoms with Crippen LogP contribution in [0.2, 0.25) is 0 Å². The summed E-state index contributed by atoms with van der Waals surface area (Å²) in [5, 5.41) is 94.0. The number of aromatic amines is 1. The number of para-hydroxylation sites is 1. The minimum absolute atomic E-state index is 0.0209. The van der Waals surface area contributed by atoms with Gasteiger partial charge in [0.05, 0.1) is 38.6 Å². The van der Waals surface area contributed by atoms with E-state index < -0.39 is 225 Å². The zero-order chi connectivity index (χ0) is 78.7. The molecule has 3 aromatic rings. The van der Waals surface area contributed by atoms with Gasteiger partial charge in [0.2, 0.25) is 70.9 Å². The second-order valence-electron chi connectivity index (χ2n) is 24.4. The number of primary amides is 1. The van der Waals surface area contributed by atoms with Crippen molar-refractivity contribution in [2.24, 2.45) is 39.8 Å². The van der Waals surface area contributed by atoms with Gasteiger partial charge >= 0.3 is 17.9 Å². The van der Waals surface area contributed by atoms with Crippen LogP contribution in [0.25, 0.3) is 10.9 Å². The molecule has 40 heteroatoms. The van der Waals surface area contributed by atoms with Crippen LogP contribution in [0.15, 0.2) is 59.7 Å². The molecule has 0 spiro atoms. The van der Waals surface area contributed by atoms with E-state index in [1.807, 2.05) is 5.32 Å². The number of carboxylic acids is 4. The molecular formula is C64H95N17O23. The Bertz CT molecular complexity index is 3520. The number of H-pyrrole nitrogens is 1. The molecule has 0 saturated heterocycles. The first-order chi connectivity index (χ1) is 48.8. The van der Waals surface area contributed by atoms with Crippen molar-refractivity contribution in [1.82, 2.24) is 63.5 Å². The maximum Gasteiger partial charge on any atom is 0.326 e. The summed E-state index contributed by atoms with van der Waals surface area (Å²) in [6.07, 6.45) is -4.07. The third-order valence-electron chi connectivity index (χ3n) is 15.3. The van der Waals surface area contributed by atoms with Crippen LogP contribution in [0.5, 0.6) is 5.75 Å². The topological polar surface area (TPSA) is 679 Å². The second kappa shape index (κ2) is 44.6. The fourth-order valence-corrected chi connectivity index (χ4v) is 9.80. The minimum atomic E-state index is -2.04. The quantitative estimate of drug-likeness (QED) is 0.0142. The molecule has 0 aliphatic rings. The number of nitrogens with one attached hydrogen (secondary N) is 12. The fourth-order valence-electron chi connectivity index (χ4n) is 9.80. The number of nitrogens with two attached hydrogens (primary N) is 4. The number of aliphatic imine (C=N–C) groups is 1. The van der Waals surface area contributed by atoms with Crippen LogP contribution >= 0.6 is 0 Å². The van der Waals surface area contributed by atoms with Crippen LogP contribution in [-0.4, -0.2) is 234 Å². The molecular weight excluding hydrogens is 1370 g/mol. The average Bonchev–Trinajstić information content (AvgIpc) is 1.66. The number of carbonyl (C=O) groups excluding carboxylic acids is 12. The molecule has 0 bridgehead atoms. The van der Waals surface area contributed by atoms with Crippen molar-refractivity contribution in [3.63, 3.8) is 0 Å². The van der Waals surface area contributed by atoms with E-state index in [9.17, 15) is 103 Å². The summed E-state index contributed by atoms with van der Waals surface area (Å²) in [5.41, 5.74) is 22.6. The van der Waals surface area contributed by atoms with Gasteiger partial charge in [0.15, 0.2) is 5.96 Å². The summed E-state index contributed by atoms with van der Waals surface area (Å²) in [7, 11) is 0. The highest BCUT2D eigenvalue weighted by Gasteiger charge is 2.39. The number of phenolic OH excluding ortho intramolecular Hbond substituents is 1. The summed E-state index contributed by atoms with van der Waals surface area (Å²) in [6, 6.07) is -5.33. The van der Waals surface area contributed by atoms with E-state index in [0.29, 0.717) is 22.0 Å². The molecule has 0 aliphatic carbocycles. The maximum absolute atomic E-state index is 14.8. The number of guanidine groups is 1. The van der Waals surface area contributed by atoms with Gasteiger partial charge in [-0.3, -0.25) is 76.9 Å². The van der Waals surface area contributed by atoms with Crippen LogP contribution in [0.3, 0.4) is 0 Å². The van der Waals surface area contributed by atoms with Crippen LogP contribution in [0.1, 0.15) is 104 Å². The van der Waals surface area contributed by atoms with Crippen molar-refractivity contribution in [2.45, 2.75) is 172 Å². The van der Waals surface area contributed by atoms with Crippen LogP contribution in [0.4, 0.5) is 0 Å². The fraction of sp³-hybridized carbons (Fsp3) is 0.516. The molecule has 12 atom stereocenters. The van der Waals surface area contributed by atoms with E-state index in [1.165, 1.54) is 30.5 Å². The summed E-state index contributed by atoms with van der Waals surface area (Å²) in [6.45, 7) is 6.10. The molecule has 0 radical (unpaired) electrons. The molecule has 12 unspecified atom stereocenters. The van der Waals surface area contributed by atoms with Crippen LogP contribution in [0, 0.1) is 11.8 Å². The predicted octanol–water partition coefficient (Wildman–Crippen LogP) is -6.51. The number of phenols is 1. The maximum atomic E-state index is 14.8. The average molecular weight is 1470 g/mol. The molecule has 27 N–H and O–H groups in total. The highest BCUT2D eigenvalue weighted by Crippen LogP contribution is 2.21. The molecule has 104 heavy (non-hydrogen) atoms. The molecule has 0 fully saturated rings. The van der Waals surface area contributed by atoms with Gasteiger partial charge in [-0.25, -0.2) is 4.79 Å². The van der Waals surface area contributed by atoms with Gasteiger partial charge < -0.3 is 122 Å². The van der Waals surface area contributed by atoms with Crippen LogP contribution < -0.4 is 81.4 Å². The number of aliphatic hydroxyl groups excluding tert-OH is 2. The summed E-state index contributed by atoms with van der Waals surface area (Å²) in [5.74, 6) is -20.5. The number of hydrogen-bond acceptors (Lipinski definition) is 21. The Morgan fingerprint density at radius 3 is 1.58 bits per heavy atom. The van der Waals surface area contributed by atoms with E-state index in [2.05, 4.69) is 63.1 Å². The summed E-state index contributed by atoms with van der Waals surface area (Å²) >= 11 is 0. The SMILES string of the molecule is CC(=O)O.CCC(C)C(NC(=O)C(Cc1ccc(O)cc1)NC(=O)C(CC(=O)O)NC(=O)CNC(=O)C(CCCN=C(N)N)NC(=O)CN)C(=O)NC(Cc1c[nH]c2ccccc12)C(=O)NC(CO)C(=O)NC(CC(C)C)C(=O)NC(CC(=O)O)C(=O)NC(C(=O)NC(CCC(N)=O)C(=O)O)C(C)O. The Balaban J connectivity index is 0.00000894. The Kier molecular flexibility index (Phi) is 38.0. The van der Waals surface area contributed by atoms with Crippen LogP contribution in [-0.2, 0) is 89.6 Å². The number of aromatic hydroxyl groups is 1. The molecule has 40 nitrogen and oxygen atoms in total. The molecule has 0 saturated carbocycles. The van der Waals surface area contributed by atoms with E-state index >= 15 is 0 Å². The minimum Gasteiger partial charge on any atom is -0.508 e. The number of carboxylic acid groups (broad SMARTS) is 4. The Labute approximate surface area is 595 Å². The number of aliphatic carboxylic acids is 4. The third-order valence-corrected chi connectivity index (χ3v) is 15.3. The molecule has 0 aliphatic heterocycles. The van der Waals surface area contributed by atoms with Gasteiger partial charge in [-0.05, 0) is 73.8 Å². The van der Waals surface area contributed by atoms with Gasteiger partial charge in [-0.15, -0.1) is 0 Å². The van der Waals surface area contributed by atoms with Gasteiger partial charge in [0.1, 0.15) is 66.2 Å². The largest absolute Gasteiger partial charge is 0.508 e. The first-order valence-corrected chi connectivity index (χ1v) is 32.6. The highest BCUT2D eigenvalue weighted by molar-refractivity contribution is 6.00. The van der Waals surface area contributed by atoms with E-state index in [1.54, 1.807) is 52.0 Å². The molecule has 1 heterocycles. The highest BCUT2D eigenvalue weighted by atomic mass is 16.4. The summed E-state index contributed by atoms with van der Waals surface area (Å²) in [4.78, 5) is 215. The van der Waals surface area contributed by atoms with E-state index in [0.717, 1.165) is 13.8 Å². The number of hydrogen-bond donors (Lipinski definition) is 23. The Morgan fingerprint density at radius 2 is 1.03 bits per heavy atom. The molecule has 3 rings (SSSR count). The first kappa shape index (κ1) is 88.5. The lowest BCUT2D eigenvalue weighted by Gasteiger charge is -2.30. The number of benzene rings is 2. The van der Waals surface area contributed by atoms with Crippen molar-refractivity contribution < 1.29 is 112 Å². The van der Waals surface area contributed by atoms with E-state index in [-0.39, 0.29) is 50.4 Å². The molecule has 12 amide bonds. The van der Waals surface area contributed by atoms with E-state index in [4.69, 9.17) is 32.8 Å². The predicted molar refractivity (Wildman–Crippen MR) is 367 cm³/mol. The smallest absolute Gasteiger partial charge is 0.326 e. The number of amides is 12. The summed E-state index contributed by atoms with van der Waals surface area (Å²) < 4.78 is 0. The standard InChI is InChI=1S/C62H91N17O21.C2H4O2/c1-6-30(4)50(78-56(94)40(21-32-13-15-34(82)16-14-32)74-55(93)42(23-48(86)87)71-47(85)27-69-52(90)37(70-46(84)25-63)12-9-19-67-62(65)66)59(97)76-41(22-33-26-68-36-11-8-7-10-35(33)36)54(92)77-44(28-80)58(96)73-39(20-29(2)3)53(91)75-43(24-49(88)89)57(95)79-51(31(5)81)60(98)72-38(61(99)100)17-18-45(64)83;1-2(3)4/h7-8,10-11,13-16,26,29-31,37-44,50-51,68,80-82H,6,9,12,17-25,27-28,63H2,1-5H3,(H2,64,83)(H,69,90)(H,70,84)(H,71,85)(H,72,98)(H,73,96)(H,74,93)(H,75,91)(H,76,97)(H,77,92)(H,78,94)(H,79,95)(H,86,87)(H,88,89)(H,99,100)(H4,65,66,67);1H3,(H,3,4). The second-order valence-corrected chi connectivity index (χ2v) is 24.4. The number of carbonyl (C=O) groups is 16. The normalized spacial score (nSPS) is 14.3. The molecule has 2 aromatic carbocycles. The van der Waals surface area contributed by atoms with Gasteiger partial charge in [0, 0.05) is 49.8 Å². The lowest BCUT2D eigenvalue weighted by molar-refractivity contribution is -0.144. The third kappa shape index (κ3) is 32.4. The monoisotopic (exact) mass is 1470 g/mol. The molecule has 574 valence electrons. The lowest BCUT2D eigenvalue weighted by Crippen LogP contribution is -2.62.